The van der Waals surface area contributed by atoms with Crippen LogP contribution >= 0.6 is 0 Å². The van der Waals surface area contributed by atoms with Gasteiger partial charge in [0.25, 0.3) is 0 Å². The molecule has 17 heteroatoms. The van der Waals surface area contributed by atoms with Crippen LogP contribution in [0.4, 0.5) is 0 Å². The molecule has 2 heterocycles. The summed E-state index contributed by atoms with van der Waals surface area (Å²) in [6.45, 7) is 0.943. The smallest absolute Gasteiger partial charge is 0.245 e. The summed E-state index contributed by atoms with van der Waals surface area (Å²) in [5, 5.41) is 5.42. The molecule has 41 heavy (non-hydrogen) atoms. The first-order valence-electron chi connectivity index (χ1n) is 13.8. The Labute approximate surface area is 238 Å². The largest absolute Gasteiger partial charge is 0.370 e. The summed E-state index contributed by atoms with van der Waals surface area (Å²) in [4.78, 5) is 74.9. The van der Waals surface area contributed by atoms with Crippen molar-refractivity contribution in [2.45, 2.75) is 75.5 Å². The van der Waals surface area contributed by atoms with Crippen molar-refractivity contribution in [3.8, 4) is 0 Å². The molecule has 0 aromatic rings. The van der Waals surface area contributed by atoms with Crippen LogP contribution in [0.1, 0.15) is 51.4 Å². The standard InChI is InChI=1S/C24H44N12O5/c25-13-18(37)35-11-3-7-16(35)20(39)34-15(6-2-10-32-24(29)30)22(41)36-12-4-8-17(36)21(40)33-14(19(26)38)5-1-9-31-23(27)28/h14-17H,1-13,25H2,(H2,26,38)(H,33,40)(H,34,39)(H4,27,28,31)(H4,29,30,32)/t14-,15-,16-,17-/m0/s1. The van der Waals surface area contributed by atoms with Crippen molar-refractivity contribution in [1.29, 1.82) is 0 Å². The van der Waals surface area contributed by atoms with Gasteiger partial charge >= 0.3 is 0 Å². The van der Waals surface area contributed by atoms with E-state index in [4.69, 9.17) is 34.4 Å². The van der Waals surface area contributed by atoms with Crippen molar-refractivity contribution in [2.75, 3.05) is 32.7 Å². The second kappa shape index (κ2) is 16.2. The molecule has 2 saturated heterocycles. The van der Waals surface area contributed by atoms with Crippen molar-refractivity contribution in [2.24, 2.45) is 44.4 Å². The lowest BCUT2D eigenvalue weighted by Gasteiger charge is -2.31. The number of rotatable bonds is 15. The van der Waals surface area contributed by atoms with Crippen LogP contribution in [0.25, 0.3) is 0 Å². The third-order valence-electron chi connectivity index (χ3n) is 7.05. The molecule has 2 aliphatic rings. The summed E-state index contributed by atoms with van der Waals surface area (Å²) in [6.07, 6.45) is 3.16. The van der Waals surface area contributed by atoms with Crippen LogP contribution in [-0.2, 0) is 24.0 Å². The Kier molecular flexibility index (Phi) is 13.1. The van der Waals surface area contributed by atoms with Gasteiger partial charge in [0.1, 0.15) is 24.2 Å². The maximum absolute atomic E-state index is 13.7. The van der Waals surface area contributed by atoms with Gasteiger partial charge in [-0.3, -0.25) is 34.0 Å². The van der Waals surface area contributed by atoms with Crippen LogP contribution in [0.3, 0.4) is 0 Å². The van der Waals surface area contributed by atoms with Gasteiger partial charge in [0.2, 0.25) is 29.5 Å². The van der Waals surface area contributed by atoms with E-state index < -0.39 is 47.8 Å². The van der Waals surface area contributed by atoms with Crippen molar-refractivity contribution >= 4 is 41.5 Å². The van der Waals surface area contributed by atoms with Gasteiger partial charge in [-0.05, 0) is 51.4 Å². The van der Waals surface area contributed by atoms with E-state index in [1.165, 1.54) is 9.80 Å². The maximum atomic E-state index is 13.7. The third-order valence-corrected chi connectivity index (χ3v) is 7.05. The van der Waals surface area contributed by atoms with Crippen molar-refractivity contribution < 1.29 is 24.0 Å². The van der Waals surface area contributed by atoms with E-state index in [0.717, 1.165) is 0 Å². The average molecular weight is 581 g/mol. The first-order valence-corrected chi connectivity index (χ1v) is 13.8. The molecule has 2 fully saturated rings. The number of guanidine groups is 2. The number of nitrogens with two attached hydrogens (primary N) is 6. The van der Waals surface area contributed by atoms with Crippen molar-refractivity contribution in [3.63, 3.8) is 0 Å². The van der Waals surface area contributed by atoms with Gasteiger partial charge < -0.3 is 54.8 Å². The molecule has 14 N–H and O–H groups in total. The lowest BCUT2D eigenvalue weighted by molar-refractivity contribution is -0.143. The normalized spacial score (nSPS) is 19.6. The molecule has 0 radical (unpaired) electrons. The lowest BCUT2D eigenvalue weighted by atomic mass is 10.1. The van der Waals surface area contributed by atoms with E-state index in [9.17, 15) is 24.0 Å². The number of nitrogens with one attached hydrogen (secondary N) is 2. The molecule has 0 spiro atoms. The lowest BCUT2D eigenvalue weighted by Crippen LogP contribution is -2.57. The molecule has 0 aliphatic carbocycles. The number of primary amides is 1. The highest BCUT2D eigenvalue weighted by molar-refractivity contribution is 5.96. The van der Waals surface area contributed by atoms with E-state index in [1.807, 2.05) is 0 Å². The summed E-state index contributed by atoms with van der Waals surface area (Å²) in [6, 6.07) is -3.57. The molecule has 0 aromatic heterocycles. The van der Waals surface area contributed by atoms with Crippen LogP contribution in [0.2, 0.25) is 0 Å². The van der Waals surface area contributed by atoms with Crippen LogP contribution in [0.5, 0.6) is 0 Å². The number of carbonyl (C=O) groups is 5. The second-order valence-electron chi connectivity index (χ2n) is 10.1. The van der Waals surface area contributed by atoms with Crippen LogP contribution in [-0.4, -0.2) is 108 Å². The Bertz CT molecular complexity index is 1010. The van der Waals surface area contributed by atoms with Crippen molar-refractivity contribution in [1.82, 2.24) is 20.4 Å². The second-order valence-corrected chi connectivity index (χ2v) is 10.1. The van der Waals surface area contributed by atoms with Gasteiger partial charge in [-0.1, -0.05) is 0 Å². The van der Waals surface area contributed by atoms with Crippen LogP contribution < -0.4 is 45.0 Å². The fraction of sp³-hybridized carbons (Fsp3) is 0.708. The van der Waals surface area contributed by atoms with Gasteiger partial charge in [-0.25, -0.2) is 0 Å². The SMILES string of the molecule is NCC(=O)N1CCC[C@H]1C(=O)N[C@@H](CCCN=C(N)N)C(=O)N1CCC[C@H]1C(=O)N[C@@H](CCCN=C(N)N)C(N)=O. The zero-order valence-electron chi connectivity index (χ0n) is 23.3. The van der Waals surface area contributed by atoms with E-state index in [2.05, 4.69) is 20.6 Å². The van der Waals surface area contributed by atoms with Gasteiger partial charge in [0, 0.05) is 26.2 Å². The topological polar surface area (TPSA) is 297 Å². The number of nitrogens with zero attached hydrogens (tertiary/aromatic N) is 4. The molecule has 2 aliphatic heterocycles. The number of likely N-dealkylation sites (tertiary alicyclic amines) is 2. The summed E-state index contributed by atoms with van der Waals surface area (Å²) >= 11 is 0. The minimum Gasteiger partial charge on any atom is -0.370 e. The van der Waals surface area contributed by atoms with Gasteiger partial charge in [-0.15, -0.1) is 0 Å². The van der Waals surface area contributed by atoms with Crippen molar-refractivity contribution in [3.05, 3.63) is 0 Å². The average Bonchev–Trinajstić information content (AvgIpc) is 3.61. The fourth-order valence-corrected chi connectivity index (χ4v) is 5.04. The molecular formula is C24H44N12O5. The first kappa shape index (κ1) is 33.1. The zero-order chi connectivity index (χ0) is 30.5. The Hall–Kier alpha value is -4.15. The highest BCUT2D eigenvalue weighted by Crippen LogP contribution is 2.22. The highest BCUT2D eigenvalue weighted by atomic mass is 16.2. The monoisotopic (exact) mass is 580 g/mol. The van der Waals surface area contributed by atoms with E-state index in [1.54, 1.807) is 0 Å². The van der Waals surface area contributed by atoms with Crippen LogP contribution in [0.15, 0.2) is 9.98 Å². The minimum absolute atomic E-state index is 0.0867. The minimum atomic E-state index is -0.993. The summed E-state index contributed by atoms with van der Waals surface area (Å²) in [7, 11) is 0. The number of hydrogen-bond acceptors (Lipinski definition) is 8. The van der Waals surface area contributed by atoms with E-state index in [0.29, 0.717) is 45.1 Å². The van der Waals surface area contributed by atoms with Gasteiger partial charge in [-0.2, -0.15) is 0 Å². The first-order chi connectivity index (χ1) is 19.5. The highest BCUT2D eigenvalue weighted by Gasteiger charge is 2.40. The Morgan fingerprint density at radius 2 is 1.20 bits per heavy atom. The number of carbonyl (C=O) groups excluding carboxylic acids is 5. The van der Waals surface area contributed by atoms with Crippen LogP contribution in [0, 0.1) is 0 Å². The Balaban J connectivity index is 2.14. The molecule has 0 bridgehead atoms. The third kappa shape index (κ3) is 10.1. The Morgan fingerprint density at radius 1 is 0.732 bits per heavy atom. The molecule has 0 unspecified atom stereocenters. The predicted octanol–water partition coefficient (Wildman–Crippen LogP) is -4.51. The van der Waals surface area contributed by atoms with E-state index in [-0.39, 0.29) is 56.8 Å². The number of amides is 5. The molecule has 2 rings (SSSR count). The van der Waals surface area contributed by atoms with Gasteiger partial charge in [0.05, 0.1) is 6.54 Å². The fourth-order valence-electron chi connectivity index (χ4n) is 5.04. The van der Waals surface area contributed by atoms with E-state index >= 15 is 0 Å². The molecular weight excluding hydrogens is 536 g/mol. The molecule has 0 saturated carbocycles. The number of hydrogen-bond donors (Lipinski definition) is 8. The van der Waals surface area contributed by atoms with Gasteiger partial charge in [0.15, 0.2) is 11.9 Å². The molecule has 4 atom stereocenters. The summed E-state index contributed by atoms with van der Waals surface area (Å²) in [5.74, 6) is -2.72. The number of aliphatic imine (C=N–C) groups is 2. The molecule has 17 nitrogen and oxygen atoms in total. The molecule has 0 aromatic carbocycles. The maximum Gasteiger partial charge on any atom is 0.245 e. The Morgan fingerprint density at radius 3 is 1.68 bits per heavy atom. The predicted molar refractivity (Wildman–Crippen MR) is 151 cm³/mol. The molecule has 5 amide bonds. The quantitative estimate of drug-likeness (QED) is 0.0521. The zero-order valence-corrected chi connectivity index (χ0v) is 23.3. The summed E-state index contributed by atoms with van der Waals surface area (Å²) in [5.41, 5.74) is 32.4. The summed E-state index contributed by atoms with van der Waals surface area (Å²) < 4.78 is 0. The molecule has 230 valence electrons.